The summed E-state index contributed by atoms with van der Waals surface area (Å²) in [7, 11) is 1.58. The quantitative estimate of drug-likeness (QED) is 0.516. The fourth-order valence-electron chi connectivity index (χ4n) is 3.01. The average molecular weight is 373 g/mol. The van der Waals surface area contributed by atoms with Crippen LogP contribution in [-0.4, -0.2) is 27.9 Å². The minimum Gasteiger partial charge on any atom is -0.497 e. The number of benzene rings is 3. The molecule has 0 aliphatic heterocycles. The molecule has 0 aliphatic rings. The summed E-state index contributed by atoms with van der Waals surface area (Å²) in [6, 6.07) is 19.8. The van der Waals surface area contributed by atoms with Crippen molar-refractivity contribution in [1.82, 2.24) is 9.71 Å². The zero-order chi connectivity index (χ0) is 19.7. The summed E-state index contributed by atoms with van der Waals surface area (Å²) in [5.74, 6) is 0.942. The Morgan fingerprint density at radius 1 is 1.04 bits per heavy atom. The number of nitrogens with one attached hydrogen (secondary N) is 1. The Balaban J connectivity index is 1.55. The molecule has 4 rings (SSSR count). The highest BCUT2D eigenvalue weighted by Crippen LogP contribution is 2.25. The van der Waals surface area contributed by atoms with Gasteiger partial charge in [-0.1, -0.05) is 6.07 Å². The normalized spacial score (nSPS) is 10.8. The molecule has 0 spiro atoms. The van der Waals surface area contributed by atoms with Crippen LogP contribution in [0.5, 0.6) is 5.75 Å². The number of amides is 1. The highest BCUT2D eigenvalue weighted by molar-refractivity contribution is 6.04. The van der Waals surface area contributed by atoms with Crippen molar-refractivity contribution in [3.8, 4) is 17.1 Å². The number of rotatable bonds is 4. The van der Waals surface area contributed by atoms with Crippen molar-refractivity contribution >= 4 is 22.6 Å². The fourth-order valence-corrected chi connectivity index (χ4v) is 3.01. The van der Waals surface area contributed by atoms with Gasteiger partial charge in [-0.05, 0) is 73.2 Å². The number of aryl methyl sites for hydroxylation is 1. The summed E-state index contributed by atoms with van der Waals surface area (Å²) < 4.78 is 6.19. The summed E-state index contributed by atoms with van der Waals surface area (Å²) in [5, 5.41) is 13.3. The first kappa shape index (κ1) is 17.6. The number of hydrogen-bond donors (Lipinski definition) is 2. The molecule has 0 saturated carbocycles. The van der Waals surface area contributed by atoms with E-state index in [1.54, 1.807) is 43.5 Å². The van der Waals surface area contributed by atoms with Crippen LogP contribution >= 0.6 is 0 Å². The molecule has 1 aromatic heterocycles. The second kappa shape index (κ2) is 7.08. The Hall–Kier alpha value is -3.80. The van der Waals surface area contributed by atoms with Crippen molar-refractivity contribution in [2.24, 2.45) is 0 Å². The standard InChI is InChI=1S/C22H19N3O3/c1-14-3-12-19-20(13-14)25(27)21(24-19)15-4-8-17(9-5-15)23-22(26)16-6-10-18(28-2)11-7-16/h3-13,27H,1-2H3,(H,23,26). The average Bonchev–Trinajstić information content (AvgIpc) is 3.04. The fraction of sp³-hybridized carbons (Fsp3) is 0.0909. The van der Waals surface area contributed by atoms with Gasteiger partial charge in [0.05, 0.1) is 12.6 Å². The van der Waals surface area contributed by atoms with Crippen LogP contribution in [0.3, 0.4) is 0 Å². The van der Waals surface area contributed by atoms with Gasteiger partial charge in [0.25, 0.3) is 5.91 Å². The van der Waals surface area contributed by atoms with E-state index in [4.69, 9.17) is 4.74 Å². The van der Waals surface area contributed by atoms with Gasteiger partial charge in [0.15, 0.2) is 5.82 Å². The Labute approximate surface area is 162 Å². The van der Waals surface area contributed by atoms with Gasteiger partial charge in [0, 0.05) is 16.8 Å². The van der Waals surface area contributed by atoms with Gasteiger partial charge in [0.1, 0.15) is 11.3 Å². The summed E-state index contributed by atoms with van der Waals surface area (Å²) in [6.45, 7) is 1.96. The van der Waals surface area contributed by atoms with Crippen molar-refractivity contribution in [3.63, 3.8) is 0 Å². The maximum Gasteiger partial charge on any atom is 0.255 e. The van der Waals surface area contributed by atoms with Crippen LogP contribution in [0.15, 0.2) is 66.7 Å². The van der Waals surface area contributed by atoms with Crippen LogP contribution in [-0.2, 0) is 0 Å². The van der Waals surface area contributed by atoms with E-state index in [1.807, 2.05) is 37.3 Å². The van der Waals surface area contributed by atoms with E-state index in [-0.39, 0.29) is 5.91 Å². The van der Waals surface area contributed by atoms with Crippen molar-refractivity contribution in [2.45, 2.75) is 6.92 Å². The third-order valence-corrected chi connectivity index (χ3v) is 4.54. The molecular formula is C22H19N3O3. The lowest BCUT2D eigenvalue weighted by Crippen LogP contribution is -2.11. The van der Waals surface area contributed by atoms with E-state index in [9.17, 15) is 10.0 Å². The molecule has 0 atom stereocenters. The number of carbonyl (C=O) groups is 1. The number of carbonyl (C=O) groups excluding carboxylic acids is 1. The maximum absolute atomic E-state index is 12.4. The van der Waals surface area contributed by atoms with Crippen LogP contribution in [0, 0.1) is 6.92 Å². The lowest BCUT2D eigenvalue weighted by Gasteiger charge is -2.07. The third-order valence-electron chi connectivity index (χ3n) is 4.54. The van der Waals surface area contributed by atoms with Crippen molar-refractivity contribution in [1.29, 1.82) is 0 Å². The molecule has 4 aromatic rings. The SMILES string of the molecule is COc1ccc(C(=O)Nc2ccc(-c3nc4ccc(C)cc4n3O)cc2)cc1. The molecular weight excluding hydrogens is 354 g/mol. The molecule has 0 unspecified atom stereocenters. The Bertz CT molecular complexity index is 1150. The first-order valence-electron chi connectivity index (χ1n) is 8.79. The second-order valence-corrected chi connectivity index (χ2v) is 6.50. The zero-order valence-corrected chi connectivity index (χ0v) is 15.5. The first-order valence-corrected chi connectivity index (χ1v) is 8.79. The maximum atomic E-state index is 12.4. The molecule has 6 nitrogen and oxygen atoms in total. The van der Waals surface area contributed by atoms with E-state index in [2.05, 4.69) is 10.3 Å². The number of methoxy groups -OCH3 is 1. The number of imidazole rings is 1. The predicted molar refractivity (Wildman–Crippen MR) is 108 cm³/mol. The van der Waals surface area contributed by atoms with Crippen molar-refractivity contribution < 1.29 is 14.7 Å². The Morgan fingerprint density at radius 3 is 2.43 bits per heavy atom. The van der Waals surface area contributed by atoms with Gasteiger partial charge >= 0.3 is 0 Å². The van der Waals surface area contributed by atoms with E-state index >= 15 is 0 Å². The number of hydrogen-bond acceptors (Lipinski definition) is 4. The van der Waals surface area contributed by atoms with Gasteiger partial charge in [-0.25, -0.2) is 4.98 Å². The molecule has 2 N–H and O–H groups in total. The van der Waals surface area contributed by atoms with Crippen LogP contribution in [0.4, 0.5) is 5.69 Å². The third kappa shape index (κ3) is 3.27. The van der Waals surface area contributed by atoms with E-state index in [0.29, 0.717) is 28.3 Å². The molecule has 0 bridgehead atoms. The van der Waals surface area contributed by atoms with Gasteiger partial charge in [-0.3, -0.25) is 4.79 Å². The van der Waals surface area contributed by atoms with E-state index in [0.717, 1.165) is 21.4 Å². The first-order chi connectivity index (χ1) is 13.5. The molecule has 0 fully saturated rings. The second-order valence-electron chi connectivity index (χ2n) is 6.50. The molecule has 28 heavy (non-hydrogen) atoms. The highest BCUT2D eigenvalue weighted by atomic mass is 16.5. The minimum atomic E-state index is -0.208. The molecule has 0 saturated heterocycles. The topological polar surface area (TPSA) is 76.4 Å². The number of fused-ring (bicyclic) bond motifs is 1. The Kier molecular flexibility index (Phi) is 4.45. The molecule has 0 radical (unpaired) electrons. The molecule has 6 heteroatoms. The van der Waals surface area contributed by atoms with Crippen LogP contribution in [0.2, 0.25) is 0 Å². The van der Waals surface area contributed by atoms with Gasteiger partial charge < -0.3 is 15.3 Å². The van der Waals surface area contributed by atoms with E-state index < -0.39 is 0 Å². The predicted octanol–water partition coefficient (Wildman–Crippen LogP) is 4.51. The van der Waals surface area contributed by atoms with E-state index in [1.165, 1.54) is 0 Å². The molecule has 3 aromatic carbocycles. The minimum absolute atomic E-state index is 0.208. The number of anilines is 1. The van der Waals surface area contributed by atoms with Crippen molar-refractivity contribution in [3.05, 3.63) is 77.9 Å². The van der Waals surface area contributed by atoms with Crippen LogP contribution in [0.1, 0.15) is 15.9 Å². The number of nitrogens with zero attached hydrogens (tertiary/aromatic N) is 2. The number of aromatic nitrogens is 2. The molecule has 140 valence electrons. The molecule has 0 aliphatic carbocycles. The number of ether oxygens (including phenoxy) is 1. The summed E-state index contributed by atoms with van der Waals surface area (Å²) >= 11 is 0. The van der Waals surface area contributed by atoms with Gasteiger partial charge in [-0.2, -0.15) is 4.73 Å². The van der Waals surface area contributed by atoms with Gasteiger partial charge in [-0.15, -0.1) is 0 Å². The highest BCUT2D eigenvalue weighted by Gasteiger charge is 2.13. The summed E-state index contributed by atoms with van der Waals surface area (Å²) in [4.78, 5) is 16.9. The van der Waals surface area contributed by atoms with Gasteiger partial charge in [0.2, 0.25) is 0 Å². The lowest BCUT2D eigenvalue weighted by atomic mass is 10.1. The largest absolute Gasteiger partial charge is 0.497 e. The van der Waals surface area contributed by atoms with Crippen LogP contribution in [0.25, 0.3) is 22.4 Å². The summed E-state index contributed by atoms with van der Waals surface area (Å²) in [6.07, 6.45) is 0. The lowest BCUT2D eigenvalue weighted by molar-refractivity contribution is 0.102. The monoisotopic (exact) mass is 373 g/mol. The zero-order valence-electron chi connectivity index (χ0n) is 15.5. The Morgan fingerprint density at radius 2 is 1.75 bits per heavy atom. The smallest absolute Gasteiger partial charge is 0.255 e. The molecule has 1 heterocycles. The molecule has 1 amide bonds. The summed E-state index contributed by atoms with van der Waals surface area (Å²) in [5.41, 5.74) is 4.37. The van der Waals surface area contributed by atoms with Crippen LogP contribution < -0.4 is 10.1 Å². The van der Waals surface area contributed by atoms with Crippen molar-refractivity contribution in [2.75, 3.05) is 12.4 Å².